The maximum atomic E-state index is 12.1. The van der Waals surface area contributed by atoms with Gasteiger partial charge < -0.3 is 9.15 Å². The summed E-state index contributed by atoms with van der Waals surface area (Å²) in [6.07, 6.45) is 0. The summed E-state index contributed by atoms with van der Waals surface area (Å²) < 4.78 is 10.9. The lowest BCUT2D eigenvalue weighted by atomic mass is 10.1. The average molecular weight is 377 g/mol. The Morgan fingerprint density at radius 1 is 1.26 bits per heavy atom. The van der Waals surface area contributed by atoms with Crippen molar-refractivity contribution < 1.29 is 14.1 Å². The number of fused-ring (bicyclic) bond motifs is 1. The van der Waals surface area contributed by atoms with Crippen LogP contribution in [0.5, 0.6) is 5.75 Å². The Kier molecular flexibility index (Phi) is 3.83. The number of ether oxygens (including phenoxy) is 1. The lowest BCUT2D eigenvalue weighted by Crippen LogP contribution is -2.03. The summed E-state index contributed by atoms with van der Waals surface area (Å²) in [5.74, 6) is 0.126. The van der Waals surface area contributed by atoms with Crippen LogP contribution in [0.15, 0.2) is 50.1 Å². The van der Waals surface area contributed by atoms with Crippen LogP contribution in [0.25, 0.3) is 22.4 Å². The topological polar surface area (TPSA) is 95.5 Å². The molecule has 23 heavy (non-hydrogen) atoms. The first-order valence-corrected chi connectivity index (χ1v) is 7.22. The van der Waals surface area contributed by atoms with Crippen molar-refractivity contribution in [2.45, 2.75) is 0 Å². The molecule has 1 aromatic heterocycles. The number of rotatable bonds is 3. The molecule has 0 aliphatic heterocycles. The van der Waals surface area contributed by atoms with E-state index in [0.717, 1.165) is 4.47 Å². The summed E-state index contributed by atoms with van der Waals surface area (Å²) in [4.78, 5) is 26.9. The largest absolute Gasteiger partial charge is 0.490 e. The number of hydrogen-bond donors (Lipinski definition) is 0. The van der Waals surface area contributed by atoms with E-state index in [4.69, 9.17) is 9.15 Å². The first-order valence-electron chi connectivity index (χ1n) is 6.43. The Labute approximate surface area is 137 Å². The fourth-order valence-corrected chi connectivity index (χ4v) is 2.49. The van der Waals surface area contributed by atoms with Crippen molar-refractivity contribution in [3.8, 4) is 17.2 Å². The highest BCUT2D eigenvalue weighted by Gasteiger charge is 2.18. The Morgan fingerprint density at radius 3 is 2.74 bits per heavy atom. The highest BCUT2D eigenvalue weighted by Crippen LogP contribution is 2.31. The monoisotopic (exact) mass is 376 g/mol. The third-order valence-corrected chi connectivity index (χ3v) is 3.71. The van der Waals surface area contributed by atoms with Crippen LogP contribution < -0.4 is 10.4 Å². The van der Waals surface area contributed by atoms with E-state index in [1.807, 2.05) is 0 Å². The molecule has 0 unspecified atom stereocenters. The van der Waals surface area contributed by atoms with E-state index in [9.17, 15) is 14.9 Å². The standard InChI is InChI=1S/C15H9BrN2O5/c1-22-13-5-2-8(6-12(13)18(20)21)14-17-11-4-3-9(16)7-10(11)15(19)23-14/h2-7H,1H3. The zero-order valence-electron chi connectivity index (χ0n) is 11.8. The molecule has 0 N–H and O–H groups in total. The van der Waals surface area contributed by atoms with Crippen LogP contribution in [0.4, 0.5) is 5.69 Å². The summed E-state index contributed by atoms with van der Waals surface area (Å²) in [5, 5.41) is 11.4. The van der Waals surface area contributed by atoms with E-state index in [-0.39, 0.29) is 17.3 Å². The van der Waals surface area contributed by atoms with E-state index in [2.05, 4.69) is 20.9 Å². The van der Waals surface area contributed by atoms with E-state index in [1.54, 1.807) is 24.3 Å². The molecule has 0 aliphatic rings. The molecular formula is C15H9BrN2O5. The molecule has 0 bridgehead atoms. The molecule has 0 atom stereocenters. The van der Waals surface area contributed by atoms with Gasteiger partial charge >= 0.3 is 11.3 Å². The zero-order valence-corrected chi connectivity index (χ0v) is 13.4. The second-order valence-electron chi connectivity index (χ2n) is 4.61. The minimum atomic E-state index is -0.571. The van der Waals surface area contributed by atoms with Crippen LogP contribution in [0.3, 0.4) is 0 Å². The molecule has 0 spiro atoms. The molecule has 8 heteroatoms. The van der Waals surface area contributed by atoms with Gasteiger partial charge in [-0.05, 0) is 30.3 Å². The molecule has 0 fully saturated rings. The molecule has 2 aromatic carbocycles. The quantitative estimate of drug-likeness (QED) is 0.512. The van der Waals surface area contributed by atoms with Gasteiger partial charge in [0, 0.05) is 16.1 Å². The number of nitrogens with zero attached hydrogens (tertiary/aromatic N) is 2. The van der Waals surface area contributed by atoms with Crippen LogP contribution >= 0.6 is 15.9 Å². The second kappa shape index (κ2) is 5.81. The molecule has 0 radical (unpaired) electrons. The normalized spacial score (nSPS) is 10.7. The number of halogens is 1. The van der Waals surface area contributed by atoms with Crippen molar-refractivity contribution in [1.29, 1.82) is 0 Å². The summed E-state index contributed by atoms with van der Waals surface area (Å²) in [7, 11) is 1.34. The Morgan fingerprint density at radius 2 is 2.04 bits per heavy atom. The number of methoxy groups -OCH3 is 1. The van der Waals surface area contributed by atoms with Gasteiger partial charge in [-0.25, -0.2) is 9.78 Å². The zero-order chi connectivity index (χ0) is 16.6. The fourth-order valence-electron chi connectivity index (χ4n) is 2.13. The predicted molar refractivity (Wildman–Crippen MR) is 86.6 cm³/mol. The molecule has 116 valence electrons. The van der Waals surface area contributed by atoms with Crippen molar-refractivity contribution in [2.24, 2.45) is 0 Å². The SMILES string of the molecule is COc1ccc(-c2nc3ccc(Br)cc3c(=O)o2)cc1[N+](=O)[O-]. The highest BCUT2D eigenvalue weighted by molar-refractivity contribution is 9.10. The Hall–Kier alpha value is -2.74. The molecule has 0 saturated heterocycles. The molecule has 0 aliphatic carbocycles. The van der Waals surface area contributed by atoms with Crippen LogP contribution in [0.2, 0.25) is 0 Å². The van der Waals surface area contributed by atoms with Crippen LogP contribution in [0, 0.1) is 10.1 Å². The Bertz CT molecular complexity index is 983. The van der Waals surface area contributed by atoms with E-state index < -0.39 is 10.5 Å². The third-order valence-electron chi connectivity index (χ3n) is 3.21. The van der Waals surface area contributed by atoms with Crippen molar-refractivity contribution in [3.05, 3.63) is 61.4 Å². The van der Waals surface area contributed by atoms with E-state index in [0.29, 0.717) is 16.5 Å². The van der Waals surface area contributed by atoms with Crippen LogP contribution in [-0.4, -0.2) is 17.0 Å². The van der Waals surface area contributed by atoms with Gasteiger partial charge in [0.1, 0.15) is 0 Å². The van der Waals surface area contributed by atoms with Gasteiger partial charge in [0.25, 0.3) is 0 Å². The predicted octanol–water partition coefficient (Wildman–Crippen LogP) is 3.53. The molecule has 0 saturated carbocycles. The number of hydrogen-bond acceptors (Lipinski definition) is 6. The van der Waals surface area contributed by atoms with Crippen LogP contribution in [0.1, 0.15) is 0 Å². The molecule has 0 amide bonds. The average Bonchev–Trinajstić information content (AvgIpc) is 2.54. The Balaban J connectivity index is 2.21. The number of aromatic nitrogens is 1. The number of nitro benzene ring substituents is 1. The minimum Gasteiger partial charge on any atom is -0.490 e. The molecule has 1 heterocycles. The highest BCUT2D eigenvalue weighted by atomic mass is 79.9. The summed E-state index contributed by atoms with van der Waals surface area (Å²) in [5.41, 5.74) is -0.0348. The molecular weight excluding hydrogens is 368 g/mol. The van der Waals surface area contributed by atoms with Crippen molar-refractivity contribution in [2.75, 3.05) is 7.11 Å². The van der Waals surface area contributed by atoms with Crippen molar-refractivity contribution >= 4 is 32.5 Å². The minimum absolute atomic E-state index is 0.00979. The van der Waals surface area contributed by atoms with Gasteiger partial charge in [-0.3, -0.25) is 10.1 Å². The second-order valence-corrected chi connectivity index (χ2v) is 5.53. The summed E-state index contributed by atoms with van der Waals surface area (Å²) >= 11 is 3.27. The maximum absolute atomic E-state index is 12.1. The maximum Gasteiger partial charge on any atom is 0.347 e. The smallest absolute Gasteiger partial charge is 0.347 e. The van der Waals surface area contributed by atoms with Gasteiger partial charge in [-0.1, -0.05) is 15.9 Å². The lowest BCUT2D eigenvalue weighted by Gasteiger charge is -2.05. The van der Waals surface area contributed by atoms with Gasteiger partial charge in [0.05, 0.1) is 22.9 Å². The fraction of sp³-hybridized carbons (Fsp3) is 0.0667. The van der Waals surface area contributed by atoms with Gasteiger partial charge in [0.2, 0.25) is 5.89 Å². The number of nitro groups is 1. The molecule has 7 nitrogen and oxygen atoms in total. The first kappa shape index (κ1) is 15.2. The first-order chi connectivity index (χ1) is 11.0. The number of benzene rings is 2. The molecule has 3 rings (SSSR count). The van der Waals surface area contributed by atoms with E-state index >= 15 is 0 Å². The van der Waals surface area contributed by atoms with Crippen LogP contribution in [-0.2, 0) is 0 Å². The molecule has 3 aromatic rings. The van der Waals surface area contributed by atoms with Crippen molar-refractivity contribution in [1.82, 2.24) is 4.98 Å². The third kappa shape index (κ3) is 2.80. The van der Waals surface area contributed by atoms with Crippen molar-refractivity contribution in [3.63, 3.8) is 0 Å². The lowest BCUT2D eigenvalue weighted by molar-refractivity contribution is -0.385. The summed E-state index contributed by atoms with van der Waals surface area (Å²) in [6.45, 7) is 0. The summed E-state index contributed by atoms with van der Waals surface area (Å²) in [6, 6.07) is 9.25. The van der Waals surface area contributed by atoms with Gasteiger partial charge in [0.15, 0.2) is 5.75 Å². The van der Waals surface area contributed by atoms with Gasteiger partial charge in [-0.2, -0.15) is 0 Å². The van der Waals surface area contributed by atoms with Gasteiger partial charge in [-0.15, -0.1) is 0 Å². The van der Waals surface area contributed by atoms with E-state index in [1.165, 1.54) is 19.2 Å².